The van der Waals surface area contributed by atoms with Crippen molar-refractivity contribution in [3.8, 4) is 11.4 Å². The van der Waals surface area contributed by atoms with Crippen LogP contribution in [0, 0.1) is 0 Å². The van der Waals surface area contributed by atoms with Crippen molar-refractivity contribution in [2.75, 3.05) is 31.5 Å². The van der Waals surface area contributed by atoms with E-state index in [0.717, 1.165) is 25.1 Å². The molecule has 1 N–H and O–H groups in total. The highest BCUT2D eigenvalue weighted by Crippen LogP contribution is 2.36. The maximum absolute atomic E-state index is 5.98. The summed E-state index contributed by atoms with van der Waals surface area (Å²) < 4.78 is -1.70. The van der Waals surface area contributed by atoms with E-state index in [-0.39, 0.29) is 5.82 Å². The Morgan fingerprint density at radius 2 is 1.72 bits per heavy atom. The van der Waals surface area contributed by atoms with Gasteiger partial charge in [0.1, 0.15) is 0 Å². The Balaban J connectivity index is 1.71. The Morgan fingerprint density at radius 1 is 1.00 bits per heavy atom. The predicted molar refractivity (Wildman–Crippen MR) is 103 cm³/mol. The molecule has 1 saturated heterocycles. The Labute approximate surface area is 162 Å². The highest BCUT2D eigenvalue weighted by molar-refractivity contribution is 6.66. The standard InChI is InChI=1S/C17H20Cl3N5/c18-17(19,20)15-22-14(13-7-2-1-3-8-13)23-16(24-15)21-9-6-12-25-10-4-5-11-25/h1-3,7-8H,4-6,9-12H2,(H,21,22,23,24). The van der Waals surface area contributed by atoms with Gasteiger partial charge < -0.3 is 10.2 Å². The molecular weight excluding hydrogens is 381 g/mol. The van der Waals surface area contributed by atoms with E-state index >= 15 is 0 Å². The lowest BCUT2D eigenvalue weighted by Gasteiger charge is -2.15. The number of anilines is 1. The first-order chi connectivity index (χ1) is 12.0. The first kappa shape index (κ1) is 18.6. The van der Waals surface area contributed by atoms with Crippen molar-refractivity contribution in [2.45, 2.75) is 23.1 Å². The number of likely N-dealkylation sites (tertiary alicyclic amines) is 1. The van der Waals surface area contributed by atoms with E-state index < -0.39 is 3.79 Å². The fourth-order valence-electron chi connectivity index (χ4n) is 2.81. The van der Waals surface area contributed by atoms with E-state index in [2.05, 4.69) is 25.2 Å². The van der Waals surface area contributed by atoms with Crippen molar-refractivity contribution in [3.63, 3.8) is 0 Å². The van der Waals surface area contributed by atoms with Crippen LogP contribution in [-0.4, -0.2) is 46.0 Å². The molecule has 2 aromatic rings. The summed E-state index contributed by atoms with van der Waals surface area (Å²) in [6.45, 7) is 4.22. The van der Waals surface area contributed by atoms with Gasteiger partial charge in [-0.1, -0.05) is 65.1 Å². The van der Waals surface area contributed by atoms with Gasteiger partial charge in [0, 0.05) is 12.1 Å². The zero-order valence-electron chi connectivity index (χ0n) is 13.8. The molecule has 0 amide bonds. The number of nitrogens with zero attached hydrogens (tertiary/aromatic N) is 4. The lowest BCUT2D eigenvalue weighted by molar-refractivity contribution is 0.337. The van der Waals surface area contributed by atoms with Crippen LogP contribution >= 0.6 is 34.8 Å². The van der Waals surface area contributed by atoms with Gasteiger partial charge in [-0.3, -0.25) is 0 Å². The molecule has 0 atom stereocenters. The zero-order valence-corrected chi connectivity index (χ0v) is 16.0. The highest BCUT2D eigenvalue weighted by Gasteiger charge is 2.28. The SMILES string of the molecule is ClC(Cl)(Cl)c1nc(NCCCN2CCCC2)nc(-c2ccccc2)n1. The third-order valence-corrected chi connectivity index (χ3v) is 4.56. The molecule has 0 unspecified atom stereocenters. The number of hydrogen-bond acceptors (Lipinski definition) is 5. The minimum absolute atomic E-state index is 0.119. The van der Waals surface area contributed by atoms with Crippen molar-refractivity contribution in [2.24, 2.45) is 0 Å². The average Bonchev–Trinajstić information content (AvgIpc) is 3.12. The summed E-state index contributed by atoms with van der Waals surface area (Å²) in [5.74, 6) is 1.03. The smallest absolute Gasteiger partial charge is 0.250 e. The molecule has 0 radical (unpaired) electrons. The second-order valence-electron chi connectivity index (χ2n) is 6.00. The summed E-state index contributed by atoms with van der Waals surface area (Å²) in [5, 5.41) is 3.23. The van der Waals surface area contributed by atoms with Crippen LogP contribution < -0.4 is 5.32 Å². The lowest BCUT2D eigenvalue weighted by atomic mass is 10.2. The van der Waals surface area contributed by atoms with E-state index in [0.29, 0.717) is 11.8 Å². The molecule has 25 heavy (non-hydrogen) atoms. The predicted octanol–water partition coefficient (Wildman–Crippen LogP) is 4.26. The maximum Gasteiger partial charge on any atom is 0.250 e. The Bertz CT molecular complexity index is 684. The van der Waals surface area contributed by atoms with Crippen LogP contribution in [0.5, 0.6) is 0 Å². The van der Waals surface area contributed by atoms with Gasteiger partial charge in [0.05, 0.1) is 0 Å². The number of aromatic nitrogens is 3. The average molecular weight is 401 g/mol. The topological polar surface area (TPSA) is 53.9 Å². The van der Waals surface area contributed by atoms with Gasteiger partial charge in [0.2, 0.25) is 9.74 Å². The molecule has 1 aromatic heterocycles. The van der Waals surface area contributed by atoms with Crippen LogP contribution in [0.1, 0.15) is 25.1 Å². The molecule has 0 aliphatic carbocycles. The summed E-state index contributed by atoms with van der Waals surface area (Å²) in [4.78, 5) is 15.5. The summed E-state index contributed by atoms with van der Waals surface area (Å²) in [5.41, 5.74) is 0.848. The largest absolute Gasteiger partial charge is 0.354 e. The summed E-state index contributed by atoms with van der Waals surface area (Å²) in [6.07, 6.45) is 3.61. The molecule has 0 saturated carbocycles. The van der Waals surface area contributed by atoms with Gasteiger partial charge in [-0.05, 0) is 38.9 Å². The lowest BCUT2D eigenvalue weighted by Crippen LogP contribution is -2.23. The second kappa shape index (κ2) is 8.49. The molecule has 1 aliphatic heterocycles. The van der Waals surface area contributed by atoms with Gasteiger partial charge >= 0.3 is 0 Å². The molecule has 5 nitrogen and oxygen atoms in total. The molecule has 1 aromatic carbocycles. The van der Waals surface area contributed by atoms with Crippen LogP contribution in [-0.2, 0) is 3.79 Å². The van der Waals surface area contributed by atoms with E-state index in [1.54, 1.807) is 0 Å². The molecule has 1 fully saturated rings. The first-order valence-corrected chi connectivity index (χ1v) is 9.51. The van der Waals surface area contributed by atoms with E-state index in [9.17, 15) is 0 Å². The minimum Gasteiger partial charge on any atom is -0.354 e. The third kappa shape index (κ3) is 5.42. The molecule has 0 spiro atoms. The molecule has 1 aliphatic rings. The number of nitrogens with one attached hydrogen (secondary N) is 1. The molecular formula is C17H20Cl3N5. The monoisotopic (exact) mass is 399 g/mol. The molecule has 8 heteroatoms. The van der Waals surface area contributed by atoms with Gasteiger partial charge in [-0.2, -0.15) is 9.97 Å². The molecule has 3 rings (SSSR count). The number of alkyl halides is 3. The highest BCUT2D eigenvalue weighted by atomic mass is 35.6. The van der Waals surface area contributed by atoms with Crippen LogP contribution in [0.4, 0.5) is 5.95 Å². The molecule has 0 bridgehead atoms. The van der Waals surface area contributed by atoms with Crippen molar-refractivity contribution >= 4 is 40.8 Å². The van der Waals surface area contributed by atoms with E-state index in [1.165, 1.54) is 25.9 Å². The van der Waals surface area contributed by atoms with E-state index in [1.807, 2.05) is 30.3 Å². The van der Waals surface area contributed by atoms with Gasteiger partial charge in [-0.15, -0.1) is 0 Å². The van der Waals surface area contributed by atoms with Crippen LogP contribution in [0.3, 0.4) is 0 Å². The van der Waals surface area contributed by atoms with Gasteiger partial charge in [0.15, 0.2) is 11.6 Å². The normalized spacial score (nSPS) is 15.5. The fraction of sp³-hybridized carbons (Fsp3) is 0.471. The van der Waals surface area contributed by atoms with Gasteiger partial charge in [0.25, 0.3) is 0 Å². The number of halogens is 3. The number of hydrogen-bond donors (Lipinski definition) is 1. The zero-order chi connectivity index (χ0) is 17.7. The molecule has 134 valence electrons. The minimum atomic E-state index is -1.70. The Kier molecular flexibility index (Phi) is 6.34. The van der Waals surface area contributed by atoms with Gasteiger partial charge in [-0.25, -0.2) is 4.98 Å². The van der Waals surface area contributed by atoms with Crippen molar-refractivity contribution in [1.29, 1.82) is 0 Å². The van der Waals surface area contributed by atoms with Crippen molar-refractivity contribution in [3.05, 3.63) is 36.2 Å². The number of benzene rings is 1. The summed E-state index contributed by atoms with van der Waals surface area (Å²) >= 11 is 17.9. The summed E-state index contributed by atoms with van der Waals surface area (Å²) in [6, 6.07) is 9.58. The van der Waals surface area contributed by atoms with Crippen LogP contribution in [0.15, 0.2) is 30.3 Å². The fourth-order valence-corrected chi connectivity index (χ4v) is 3.06. The van der Waals surface area contributed by atoms with E-state index in [4.69, 9.17) is 34.8 Å². The maximum atomic E-state index is 5.98. The second-order valence-corrected chi connectivity index (χ2v) is 8.28. The van der Waals surface area contributed by atoms with Crippen molar-refractivity contribution in [1.82, 2.24) is 19.9 Å². The third-order valence-electron chi connectivity index (χ3n) is 4.05. The quantitative estimate of drug-likeness (QED) is 0.580. The Hall–Kier alpha value is -1.14. The van der Waals surface area contributed by atoms with Crippen LogP contribution in [0.25, 0.3) is 11.4 Å². The van der Waals surface area contributed by atoms with Crippen LogP contribution in [0.2, 0.25) is 0 Å². The number of rotatable bonds is 6. The Morgan fingerprint density at radius 3 is 2.40 bits per heavy atom. The summed E-state index contributed by atoms with van der Waals surface area (Å²) in [7, 11) is 0. The van der Waals surface area contributed by atoms with Crippen molar-refractivity contribution < 1.29 is 0 Å². The first-order valence-electron chi connectivity index (χ1n) is 8.37. The molecule has 2 heterocycles.